The van der Waals surface area contributed by atoms with Crippen LogP contribution in [0.2, 0.25) is 0 Å². The summed E-state index contributed by atoms with van der Waals surface area (Å²) in [5.41, 5.74) is 8.45. The lowest BCUT2D eigenvalue weighted by molar-refractivity contribution is 0.223. The molecule has 0 aliphatic carbocycles. The minimum atomic E-state index is -0.274. The first-order chi connectivity index (χ1) is 9.25. The molecule has 1 rings (SSSR count). The number of benzene rings is 1. The highest BCUT2D eigenvalue weighted by molar-refractivity contribution is 6.02. The van der Waals surface area contributed by atoms with Crippen LogP contribution in [0.5, 0.6) is 0 Å². The van der Waals surface area contributed by atoms with Crippen LogP contribution in [-0.4, -0.2) is 30.5 Å². The van der Waals surface area contributed by atoms with E-state index in [1.165, 1.54) is 4.90 Å². The number of nitrogens with two attached hydrogens (primary N) is 1. The third-order valence-corrected chi connectivity index (χ3v) is 3.13. The van der Waals surface area contributed by atoms with Crippen molar-refractivity contribution >= 4 is 17.7 Å². The van der Waals surface area contributed by atoms with Crippen molar-refractivity contribution < 1.29 is 4.79 Å². The van der Waals surface area contributed by atoms with Crippen LogP contribution in [0.25, 0.3) is 0 Å². The van der Waals surface area contributed by atoms with E-state index in [-0.39, 0.29) is 17.9 Å². The van der Waals surface area contributed by atoms with Crippen molar-refractivity contribution in [2.75, 3.05) is 18.5 Å². The number of urea groups is 1. The Morgan fingerprint density at radius 1 is 1.30 bits per heavy atom. The number of hydrogen-bond acceptors (Lipinski definition) is 2. The van der Waals surface area contributed by atoms with Crippen LogP contribution >= 0.6 is 0 Å². The molecule has 2 amide bonds. The summed E-state index contributed by atoms with van der Waals surface area (Å²) in [6.07, 6.45) is 0. The second-order valence-electron chi connectivity index (χ2n) is 5.47. The van der Waals surface area contributed by atoms with Crippen molar-refractivity contribution in [3.63, 3.8) is 0 Å². The molecule has 1 aromatic rings. The van der Waals surface area contributed by atoms with Crippen LogP contribution in [0.4, 0.5) is 10.5 Å². The molecule has 0 heterocycles. The lowest BCUT2D eigenvalue weighted by Crippen LogP contribution is -2.49. The number of aryl methyl sites for hydroxylation is 2. The first-order valence-electron chi connectivity index (χ1n) is 6.71. The largest absolute Gasteiger partial charge is 0.370 e. The molecule has 1 aromatic carbocycles. The van der Waals surface area contributed by atoms with Crippen LogP contribution < -0.4 is 10.6 Å². The van der Waals surface area contributed by atoms with Gasteiger partial charge in [0.2, 0.25) is 0 Å². The molecule has 0 bridgehead atoms. The van der Waals surface area contributed by atoms with Gasteiger partial charge in [0, 0.05) is 13.6 Å². The molecule has 0 unspecified atom stereocenters. The first kappa shape index (κ1) is 16.0. The van der Waals surface area contributed by atoms with Gasteiger partial charge >= 0.3 is 6.03 Å². The van der Waals surface area contributed by atoms with Crippen molar-refractivity contribution in [2.45, 2.75) is 27.7 Å². The number of rotatable bonds is 3. The fourth-order valence-electron chi connectivity index (χ4n) is 2.26. The summed E-state index contributed by atoms with van der Waals surface area (Å²) < 4.78 is 0. The average Bonchev–Trinajstić information content (AvgIpc) is 2.34. The molecule has 0 saturated heterocycles. The van der Waals surface area contributed by atoms with E-state index in [1.807, 2.05) is 45.9 Å². The predicted molar refractivity (Wildman–Crippen MR) is 83.2 cm³/mol. The van der Waals surface area contributed by atoms with Crippen LogP contribution in [0.1, 0.15) is 25.0 Å². The summed E-state index contributed by atoms with van der Waals surface area (Å²) in [7, 11) is 1.72. The number of nitrogens with one attached hydrogen (secondary N) is 1. The molecule has 110 valence electrons. The standard InChI is InChI=1S/C15H24N4O/c1-10(2)9-19(14(16)17)15(20)18(5)13-11(3)7-6-8-12(13)4/h6-8,10H,9H2,1-5H3,(H3,16,17). The smallest absolute Gasteiger partial charge is 0.331 e. The van der Waals surface area contributed by atoms with Gasteiger partial charge in [0.25, 0.3) is 0 Å². The molecule has 0 aliphatic heterocycles. The van der Waals surface area contributed by atoms with Gasteiger partial charge in [-0.3, -0.25) is 15.2 Å². The molecule has 0 saturated carbocycles. The maximum absolute atomic E-state index is 12.6. The van der Waals surface area contributed by atoms with E-state index in [9.17, 15) is 4.79 Å². The van der Waals surface area contributed by atoms with E-state index < -0.39 is 0 Å². The third kappa shape index (κ3) is 3.50. The maximum Gasteiger partial charge on any atom is 0.331 e. The van der Waals surface area contributed by atoms with Crippen molar-refractivity contribution in [3.8, 4) is 0 Å². The predicted octanol–water partition coefficient (Wildman–Crippen LogP) is 2.71. The Hall–Kier alpha value is -2.04. The quantitative estimate of drug-likeness (QED) is 0.658. The zero-order valence-electron chi connectivity index (χ0n) is 12.9. The fraction of sp³-hybridized carbons (Fsp3) is 0.467. The molecular formula is C15H24N4O. The highest BCUT2D eigenvalue weighted by atomic mass is 16.2. The van der Waals surface area contributed by atoms with Crippen LogP contribution in [0, 0.1) is 25.2 Å². The van der Waals surface area contributed by atoms with E-state index in [4.69, 9.17) is 11.1 Å². The average molecular weight is 276 g/mol. The highest BCUT2D eigenvalue weighted by Gasteiger charge is 2.24. The van der Waals surface area contributed by atoms with Gasteiger partial charge in [0.15, 0.2) is 5.96 Å². The van der Waals surface area contributed by atoms with Crippen LogP contribution in [-0.2, 0) is 0 Å². The molecule has 5 heteroatoms. The minimum Gasteiger partial charge on any atom is -0.370 e. The van der Waals surface area contributed by atoms with Crippen molar-refractivity contribution in [1.29, 1.82) is 5.41 Å². The Morgan fingerprint density at radius 3 is 2.20 bits per heavy atom. The second kappa shape index (κ2) is 6.41. The zero-order chi connectivity index (χ0) is 15.4. The number of carbonyl (C=O) groups excluding carboxylic acids is 1. The van der Waals surface area contributed by atoms with E-state index >= 15 is 0 Å². The molecule has 0 aliphatic rings. The summed E-state index contributed by atoms with van der Waals surface area (Å²) in [5, 5.41) is 7.59. The monoisotopic (exact) mass is 276 g/mol. The summed E-state index contributed by atoms with van der Waals surface area (Å²) in [6.45, 7) is 8.34. The topological polar surface area (TPSA) is 73.4 Å². The number of anilines is 1. The molecule has 5 nitrogen and oxygen atoms in total. The lowest BCUT2D eigenvalue weighted by atomic mass is 10.1. The summed E-state index contributed by atoms with van der Waals surface area (Å²) in [5.74, 6) is 0.0241. The third-order valence-electron chi connectivity index (χ3n) is 3.13. The van der Waals surface area contributed by atoms with Crippen molar-refractivity contribution in [3.05, 3.63) is 29.3 Å². The zero-order valence-corrected chi connectivity index (χ0v) is 12.9. The Bertz CT molecular complexity index is 490. The van der Waals surface area contributed by atoms with E-state index in [2.05, 4.69) is 0 Å². The molecule has 20 heavy (non-hydrogen) atoms. The maximum atomic E-state index is 12.6. The summed E-state index contributed by atoms with van der Waals surface area (Å²) in [6, 6.07) is 5.62. The summed E-state index contributed by atoms with van der Waals surface area (Å²) >= 11 is 0. The number of guanidine groups is 1. The van der Waals surface area contributed by atoms with Gasteiger partial charge in [-0.1, -0.05) is 32.0 Å². The molecule has 0 fully saturated rings. The summed E-state index contributed by atoms with van der Waals surface area (Å²) in [4.78, 5) is 15.4. The highest BCUT2D eigenvalue weighted by Crippen LogP contribution is 2.24. The normalized spacial score (nSPS) is 10.5. The van der Waals surface area contributed by atoms with Gasteiger partial charge in [-0.15, -0.1) is 0 Å². The van der Waals surface area contributed by atoms with E-state index in [1.54, 1.807) is 11.9 Å². The van der Waals surface area contributed by atoms with Crippen molar-refractivity contribution in [2.24, 2.45) is 11.7 Å². The second-order valence-corrected chi connectivity index (χ2v) is 5.47. The molecule has 0 aromatic heterocycles. The lowest BCUT2D eigenvalue weighted by Gasteiger charge is -2.29. The van der Waals surface area contributed by atoms with Gasteiger partial charge in [0.1, 0.15) is 0 Å². The molecular weight excluding hydrogens is 252 g/mol. The molecule has 0 atom stereocenters. The van der Waals surface area contributed by atoms with Crippen molar-refractivity contribution in [1.82, 2.24) is 4.90 Å². The number of hydrogen-bond donors (Lipinski definition) is 2. The van der Waals surface area contributed by atoms with Crippen LogP contribution in [0.15, 0.2) is 18.2 Å². The number of para-hydroxylation sites is 1. The number of nitrogens with zero attached hydrogens (tertiary/aromatic N) is 2. The Balaban J connectivity index is 3.09. The fourth-order valence-corrected chi connectivity index (χ4v) is 2.26. The van der Waals surface area contributed by atoms with E-state index in [0.29, 0.717) is 6.54 Å². The van der Waals surface area contributed by atoms with Gasteiger partial charge in [-0.05, 0) is 30.9 Å². The van der Waals surface area contributed by atoms with Gasteiger partial charge in [0.05, 0.1) is 5.69 Å². The Labute approximate surface area is 120 Å². The SMILES string of the molecule is Cc1cccc(C)c1N(C)C(=O)N(CC(C)C)C(=N)N. The van der Waals surface area contributed by atoms with Gasteiger partial charge < -0.3 is 5.73 Å². The van der Waals surface area contributed by atoms with Gasteiger partial charge in [-0.25, -0.2) is 4.79 Å². The number of carbonyl (C=O) groups is 1. The first-order valence-corrected chi connectivity index (χ1v) is 6.71. The number of amides is 2. The van der Waals surface area contributed by atoms with Gasteiger partial charge in [-0.2, -0.15) is 0 Å². The molecule has 0 spiro atoms. The molecule has 0 radical (unpaired) electrons. The minimum absolute atomic E-state index is 0.221. The van der Waals surface area contributed by atoms with Crippen LogP contribution in [0.3, 0.4) is 0 Å². The Morgan fingerprint density at radius 2 is 1.80 bits per heavy atom. The van der Waals surface area contributed by atoms with E-state index in [0.717, 1.165) is 16.8 Å². The molecule has 3 N–H and O–H groups in total. The Kier molecular flexibility index (Phi) is 5.13.